The third-order valence-corrected chi connectivity index (χ3v) is 9.43. The molecule has 0 aliphatic carbocycles. The van der Waals surface area contributed by atoms with Crippen LogP contribution in [0, 0.1) is 6.92 Å². The summed E-state index contributed by atoms with van der Waals surface area (Å²) in [5.41, 5.74) is 1.45. The number of sulfonamides is 1. The van der Waals surface area contributed by atoms with E-state index in [2.05, 4.69) is 0 Å². The van der Waals surface area contributed by atoms with Crippen LogP contribution < -0.4 is 0 Å². The Kier molecular flexibility index (Phi) is 8.78. The van der Waals surface area contributed by atoms with Crippen molar-refractivity contribution in [2.45, 2.75) is 43.2 Å². The Morgan fingerprint density at radius 2 is 1.74 bits per heavy atom. The maximum atomic E-state index is 13.8. The third-order valence-electron chi connectivity index (χ3n) is 6.77. The molecular formula is C28H28Cl2N2O5S. The zero-order valence-electron chi connectivity index (χ0n) is 20.8. The summed E-state index contributed by atoms with van der Waals surface area (Å²) in [4.78, 5) is 27.8. The molecule has 200 valence electrons. The molecule has 4 rings (SSSR count). The molecule has 0 spiro atoms. The zero-order valence-corrected chi connectivity index (χ0v) is 23.1. The molecule has 3 aromatic rings. The van der Waals surface area contributed by atoms with E-state index in [0.717, 1.165) is 5.56 Å². The quantitative estimate of drug-likeness (QED) is 0.374. The first-order valence-corrected chi connectivity index (χ1v) is 14.4. The van der Waals surface area contributed by atoms with E-state index in [-0.39, 0.29) is 35.0 Å². The highest BCUT2D eigenvalue weighted by atomic mass is 35.5. The van der Waals surface area contributed by atoms with E-state index >= 15 is 0 Å². The van der Waals surface area contributed by atoms with Gasteiger partial charge in [0.05, 0.1) is 15.5 Å². The van der Waals surface area contributed by atoms with Gasteiger partial charge in [-0.15, -0.1) is 0 Å². The molecule has 1 aliphatic rings. The molecule has 1 fully saturated rings. The highest BCUT2D eigenvalue weighted by molar-refractivity contribution is 7.89. The van der Waals surface area contributed by atoms with Crippen LogP contribution in [0.4, 0.5) is 0 Å². The smallest absolute Gasteiger partial charge is 0.326 e. The standard InChI is InChI=1S/C28H28Cl2N2O5S/c1-19-8-5-6-12-26(19)38(36,37)32-15-7-11-22(32)18-31(27(33)23-14-13-21(29)17-24(23)30)25(28(34)35)16-20-9-3-2-4-10-20/h2-6,8-10,12-14,17,22,25H,7,11,15-16,18H2,1H3,(H,34,35). The maximum absolute atomic E-state index is 13.8. The fourth-order valence-corrected chi connectivity index (χ4v) is 7.25. The van der Waals surface area contributed by atoms with Gasteiger partial charge in [-0.25, -0.2) is 13.2 Å². The lowest BCUT2D eigenvalue weighted by Gasteiger charge is -2.34. The highest BCUT2D eigenvalue weighted by Crippen LogP contribution is 2.30. The van der Waals surface area contributed by atoms with Crippen molar-refractivity contribution in [1.82, 2.24) is 9.21 Å². The van der Waals surface area contributed by atoms with Crippen molar-refractivity contribution in [3.8, 4) is 0 Å². The van der Waals surface area contributed by atoms with Crippen molar-refractivity contribution < 1.29 is 23.1 Å². The number of rotatable bonds is 9. The van der Waals surface area contributed by atoms with Crippen LogP contribution in [0.1, 0.15) is 34.3 Å². The molecule has 3 aromatic carbocycles. The van der Waals surface area contributed by atoms with Gasteiger partial charge in [-0.1, -0.05) is 71.7 Å². The molecule has 1 saturated heterocycles. The maximum Gasteiger partial charge on any atom is 0.326 e. The van der Waals surface area contributed by atoms with Gasteiger partial charge >= 0.3 is 5.97 Å². The number of amides is 1. The molecule has 1 aliphatic heterocycles. The summed E-state index contributed by atoms with van der Waals surface area (Å²) in [6, 6.07) is 18.3. The number of aryl methyl sites for hydroxylation is 1. The number of nitrogens with zero attached hydrogens (tertiary/aromatic N) is 2. The molecule has 10 heteroatoms. The van der Waals surface area contributed by atoms with E-state index in [9.17, 15) is 23.1 Å². The Bertz CT molecular complexity index is 1430. The monoisotopic (exact) mass is 574 g/mol. The first-order chi connectivity index (χ1) is 18.1. The first-order valence-electron chi connectivity index (χ1n) is 12.2. The molecule has 0 bridgehead atoms. The molecule has 0 aromatic heterocycles. The number of carboxylic acid groups (broad SMARTS) is 1. The van der Waals surface area contributed by atoms with Crippen molar-refractivity contribution in [3.63, 3.8) is 0 Å². The zero-order chi connectivity index (χ0) is 27.4. The minimum atomic E-state index is -3.87. The Morgan fingerprint density at radius 1 is 1.05 bits per heavy atom. The van der Waals surface area contributed by atoms with Crippen molar-refractivity contribution >= 4 is 45.1 Å². The van der Waals surface area contributed by atoms with E-state index in [1.165, 1.54) is 27.4 Å². The van der Waals surface area contributed by atoms with Crippen LogP contribution in [0.25, 0.3) is 0 Å². The predicted octanol–water partition coefficient (Wildman–Crippen LogP) is 5.29. The Labute approximate surface area is 232 Å². The molecule has 38 heavy (non-hydrogen) atoms. The minimum absolute atomic E-state index is 0.0460. The van der Waals surface area contributed by atoms with Crippen LogP contribution >= 0.6 is 23.2 Å². The van der Waals surface area contributed by atoms with Crippen LogP contribution in [0.3, 0.4) is 0 Å². The number of aliphatic carboxylic acids is 1. The fraction of sp³-hybridized carbons (Fsp3) is 0.286. The lowest BCUT2D eigenvalue weighted by atomic mass is 10.0. The first kappa shape index (κ1) is 28.1. The van der Waals surface area contributed by atoms with Gasteiger partial charge in [-0.3, -0.25) is 4.79 Å². The lowest BCUT2D eigenvalue weighted by Crippen LogP contribution is -2.52. The number of hydrogen-bond donors (Lipinski definition) is 1. The van der Waals surface area contributed by atoms with Gasteiger partial charge in [0.2, 0.25) is 10.0 Å². The number of carboxylic acids is 1. The van der Waals surface area contributed by atoms with Crippen molar-refractivity contribution in [2.75, 3.05) is 13.1 Å². The van der Waals surface area contributed by atoms with Crippen LogP contribution in [0.2, 0.25) is 10.0 Å². The van der Waals surface area contributed by atoms with E-state index in [1.54, 1.807) is 55.5 Å². The number of carbonyl (C=O) groups excluding carboxylic acids is 1. The molecule has 1 amide bonds. The summed E-state index contributed by atoms with van der Waals surface area (Å²) in [5.74, 6) is -1.80. The summed E-state index contributed by atoms with van der Waals surface area (Å²) in [7, 11) is -3.87. The highest BCUT2D eigenvalue weighted by Gasteiger charge is 2.40. The molecule has 2 unspecified atom stereocenters. The topological polar surface area (TPSA) is 95.0 Å². The second-order valence-corrected chi connectivity index (χ2v) is 12.0. The molecule has 0 radical (unpaired) electrons. The van der Waals surface area contributed by atoms with Crippen molar-refractivity contribution in [1.29, 1.82) is 0 Å². The van der Waals surface area contributed by atoms with Crippen LogP contribution in [-0.4, -0.2) is 59.8 Å². The lowest BCUT2D eigenvalue weighted by molar-refractivity contribution is -0.142. The number of halogens is 2. The molecule has 7 nitrogen and oxygen atoms in total. The SMILES string of the molecule is Cc1ccccc1S(=O)(=O)N1CCCC1CN(C(=O)c1ccc(Cl)cc1Cl)C(Cc1ccccc1)C(=O)O. The number of benzene rings is 3. The van der Waals surface area contributed by atoms with Gasteiger partial charge in [-0.05, 0) is 55.2 Å². The minimum Gasteiger partial charge on any atom is -0.480 e. The van der Waals surface area contributed by atoms with Crippen molar-refractivity contribution in [2.24, 2.45) is 0 Å². The molecular weight excluding hydrogens is 547 g/mol. The summed E-state index contributed by atoms with van der Waals surface area (Å²) in [6.07, 6.45) is 1.13. The summed E-state index contributed by atoms with van der Waals surface area (Å²) < 4.78 is 28.7. The number of carbonyl (C=O) groups is 2. The van der Waals surface area contributed by atoms with Gasteiger partial charge in [0.1, 0.15) is 6.04 Å². The molecule has 0 saturated carbocycles. The second kappa shape index (κ2) is 11.9. The van der Waals surface area contributed by atoms with Crippen molar-refractivity contribution in [3.05, 3.63) is 99.5 Å². The van der Waals surface area contributed by atoms with E-state index in [1.807, 2.05) is 6.07 Å². The molecule has 2 atom stereocenters. The van der Waals surface area contributed by atoms with E-state index < -0.39 is 34.0 Å². The second-order valence-electron chi connectivity index (χ2n) is 9.30. The van der Waals surface area contributed by atoms with Crippen LogP contribution in [-0.2, 0) is 21.2 Å². The summed E-state index contributed by atoms with van der Waals surface area (Å²) in [6.45, 7) is 1.91. The van der Waals surface area contributed by atoms with E-state index in [4.69, 9.17) is 23.2 Å². The van der Waals surface area contributed by atoms with Gasteiger partial charge in [0.25, 0.3) is 5.91 Å². The third kappa shape index (κ3) is 6.04. The van der Waals surface area contributed by atoms with Gasteiger partial charge < -0.3 is 10.0 Å². The normalized spacial score (nSPS) is 16.8. The van der Waals surface area contributed by atoms with Gasteiger partial charge in [0, 0.05) is 30.6 Å². The van der Waals surface area contributed by atoms with E-state index in [0.29, 0.717) is 23.4 Å². The number of hydrogen-bond acceptors (Lipinski definition) is 4. The average molecular weight is 576 g/mol. The molecule has 1 heterocycles. The predicted molar refractivity (Wildman–Crippen MR) is 147 cm³/mol. The van der Waals surface area contributed by atoms with Gasteiger partial charge in [0.15, 0.2) is 0 Å². The largest absolute Gasteiger partial charge is 0.480 e. The van der Waals surface area contributed by atoms with Gasteiger partial charge in [-0.2, -0.15) is 4.31 Å². The Hall–Kier alpha value is -2.91. The molecule has 1 N–H and O–H groups in total. The Balaban J connectivity index is 1.73. The Morgan fingerprint density at radius 3 is 2.39 bits per heavy atom. The van der Waals surface area contributed by atoms with Crippen LogP contribution in [0.15, 0.2) is 77.7 Å². The average Bonchev–Trinajstić information content (AvgIpc) is 3.36. The summed E-state index contributed by atoms with van der Waals surface area (Å²) in [5, 5.41) is 10.7. The van der Waals surface area contributed by atoms with Crippen LogP contribution in [0.5, 0.6) is 0 Å². The summed E-state index contributed by atoms with van der Waals surface area (Å²) >= 11 is 12.4. The fourth-order valence-electron chi connectivity index (χ4n) is 4.84.